The third-order valence-corrected chi connectivity index (χ3v) is 4.67. The van der Waals surface area contributed by atoms with Gasteiger partial charge < -0.3 is 9.47 Å². The van der Waals surface area contributed by atoms with E-state index in [9.17, 15) is 35.9 Å². The van der Waals surface area contributed by atoms with Crippen LogP contribution >= 0.6 is 0 Å². The zero-order chi connectivity index (χ0) is 24.9. The van der Waals surface area contributed by atoms with Crippen LogP contribution in [0.5, 0.6) is 0 Å². The molecule has 0 aliphatic heterocycles. The number of esters is 2. The summed E-state index contributed by atoms with van der Waals surface area (Å²) in [7, 11) is 0. The zero-order valence-corrected chi connectivity index (χ0v) is 17.2. The molecule has 0 aliphatic carbocycles. The van der Waals surface area contributed by atoms with E-state index in [1.54, 1.807) is 0 Å². The molecule has 0 bridgehead atoms. The van der Waals surface area contributed by atoms with Gasteiger partial charge in [0, 0.05) is 0 Å². The number of carbonyl (C=O) groups is 2. The van der Waals surface area contributed by atoms with Gasteiger partial charge in [-0.25, -0.2) is 9.59 Å². The lowest BCUT2D eigenvalue weighted by Crippen LogP contribution is -2.14. The quantitative estimate of drug-likeness (QED) is 0.300. The average Bonchev–Trinajstić information content (AvgIpc) is 2.80. The van der Waals surface area contributed by atoms with Crippen molar-refractivity contribution in [2.24, 2.45) is 0 Å². The average molecular weight is 482 g/mol. The minimum Gasteiger partial charge on any atom is -0.457 e. The summed E-state index contributed by atoms with van der Waals surface area (Å²) in [6.07, 6.45) is -8.98. The summed E-state index contributed by atoms with van der Waals surface area (Å²) < 4.78 is 86.0. The van der Waals surface area contributed by atoms with Crippen molar-refractivity contribution in [1.82, 2.24) is 0 Å². The minimum absolute atomic E-state index is 0.133. The van der Waals surface area contributed by atoms with Crippen molar-refractivity contribution in [2.75, 3.05) is 0 Å². The Morgan fingerprint density at radius 3 is 1.18 bits per heavy atom. The van der Waals surface area contributed by atoms with Crippen molar-refractivity contribution in [3.63, 3.8) is 0 Å². The number of ether oxygens (including phenoxy) is 2. The van der Waals surface area contributed by atoms with E-state index in [1.807, 2.05) is 0 Å². The Balaban J connectivity index is 1.63. The lowest BCUT2D eigenvalue weighted by molar-refractivity contribution is -0.138. The molecule has 0 radical (unpaired) electrons. The predicted octanol–water partition coefficient (Wildman–Crippen LogP) is 6.44. The Bertz CT molecular complexity index is 1060. The summed E-state index contributed by atoms with van der Waals surface area (Å²) in [5, 5.41) is 0. The summed E-state index contributed by atoms with van der Waals surface area (Å²) in [6.45, 7) is -0.655. The van der Waals surface area contributed by atoms with Crippen LogP contribution in [0.2, 0.25) is 0 Å². The summed E-state index contributed by atoms with van der Waals surface area (Å²) in [5.74, 6) is -1.80. The zero-order valence-electron chi connectivity index (χ0n) is 17.2. The summed E-state index contributed by atoms with van der Waals surface area (Å²) >= 11 is 0. The van der Waals surface area contributed by atoms with Crippen LogP contribution in [0, 0.1) is 0 Å². The van der Waals surface area contributed by atoms with Gasteiger partial charge in [0.25, 0.3) is 0 Å². The maximum Gasteiger partial charge on any atom is 0.416 e. The highest BCUT2D eigenvalue weighted by atomic mass is 19.4. The molecule has 0 spiro atoms. The van der Waals surface area contributed by atoms with E-state index in [4.69, 9.17) is 9.47 Å². The highest BCUT2D eigenvalue weighted by Crippen LogP contribution is 2.30. The van der Waals surface area contributed by atoms with Gasteiger partial charge in [0.05, 0.1) is 22.3 Å². The Morgan fingerprint density at radius 2 is 0.882 bits per heavy atom. The Morgan fingerprint density at radius 1 is 0.559 bits per heavy atom. The van der Waals surface area contributed by atoms with Crippen LogP contribution in [-0.2, 0) is 35.0 Å². The molecule has 0 amide bonds. The fourth-order valence-corrected chi connectivity index (χ4v) is 2.87. The molecule has 10 heteroatoms. The van der Waals surface area contributed by atoms with Gasteiger partial charge in [0.15, 0.2) is 0 Å². The molecule has 0 saturated carbocycles. The van der Waals surface area contributed by atoms with Crippen molar-refractivity contribution in [3.05, 3.63) is 106 Å². The van der Waals surface area contributed by atoms with Gasteiger partial charge in [-0.2, -0.15) is 26.3 Å². The molecule has 0 saturated heterocycles. The fourth-order valence-electron chi connectivity index (χ4n) is 2.87. The van der Waals surface area contributed by atoms with Crippen molar-refractivity contribution in [2.45, 2.75) is 25.6 Å². The Hall–Kier alpha value is -3.82. The Kier molecular flexibility index (Phi) is 7.29. The first-order chi connectivity index (χ1) is 15.9. The molecule has 3 aromatic carbocycles. The van der Waals surface area contributed by atoms with E-state index in [0.29, 0.717) is 11.1 Å². The minimum atomic E-state index is -4.49. The van der Waals surface area contributed by atoms with Gasteiger partial charge >= 0.3 is 24.3 Å². The number of carbonyl (C=O) groups excluding carboxylic acids is 2. The molecule has 0 fully saturated rings. The second-order valence-electron chi connectivity index (χ2n) is 7.09. The van der Waals surface area contributed by atoms with E-state index < -0.39 is 35.4 Å². The molecular formula is C24H16F6O4. The second kappa shape index (κ2) is 9.98. The monoisotopic (exact) mass is 482 g/mol. The van der Waals surface area contributed by atoms with Crippen molar-refractivity contribution in [3.8, 4) is 0 Å². The summed E-state index contributed by atoms with van der Waals surface area (Å²) in [6, 6.07) is 13.7. The van der Waals surface area contributed by atoms with Crippen LogP contribution < -0.4 is 0 Å². The molecule has 178 valence electrons. The lowest BCUT2D eigenvalue weighted by atomic mass is 10.1. The first kappa shape index (κ1) is 24.8. The van der Waals surface area contributed by atoms with E-state index in [2.05, 4.69) is 0 Å². The van der Waals surface area contributed by atoms with Crippen LogP contribution in [0.4, 0.5) is 26.3 Å². The van der Waals surface area contributed by atoms with E-state index in [0.717, 1.165) is 24.3 Å². The first-order valence-corrected chi connectivity index (χ1v) is 9.70. The van der Waals surface area contributed by atoms with Crippen LogP contribution in [0.1, 0.15) is 43.0 Å². The number of hydrogen-bond acceptors (Lipinski definition) is 4. The first-order valence-electron chi connectivity index (χ1n) is 9.70. The smallest absolute Gasteiger partial charge is 0.416 e. The molecular weight excluding hydrogens is 466 g/mol. The summed E-state index contributed by atoms with van der Waals surface area (Å²) in [5.41, 5.74) is -1.33. The number of halogens is 6. The largest absolute Gasteiger partial charge is 0.457 e. The standard InChI is InChI=1S/C24H16F6O4/c25-23(26,27)17-9-5-15(6-10-17)13-33-21(31)19-3-1-2-4-20(19)22(32)34-14-16-7-11-18(12-8-16)24(28,29)30/h1-12H,13-14H2. The van der Waals surface area contributed by atoms with Gasteiger partial charge in [-0.1, -0.05) is 36.4 Å². The number of hydrogen-bond donors (Lipinski definition) is 0. The van der Waals surface area contributed by atoms with Crippen molar-refractivity contribution >= 4 is 11.9 Å². The molecule has 3 rings (SSSR count). The van der Waals surface area contributed by atoms with Gasteiger partial charge in [0.1, 0.15) is 13.2 Å². The molecule has 0 heterocycles. The third-order valence-electron chi connectivity index (χ3n) is 4.67. The molecule has 3 aromatic rings. The van der Waals surface area contributed by atoms with Gasteiger partial charge in [-0.3, -0.25) is 0 Å². The maximum atomic E-state index is 12.6. The molecule has 0 aliphatic rings. The normalized spacial score (nSPS) is 11.7. The van der Waals surface area contributed by atoms with E-state index >= 15 is 0 Å². The molecule has 0 N–H and O–H groups in total. The van der Waals surface area contributed by atoms with Crippen LogP contribution in [0.15, 0.2) is 72.8 Å². The predicted molar refractivity (Wildman–Crippen MR) is 108 cm³/mol. The molecule has 34 heavy (non-hydrogen) atoms. The second-order valence-corrected chi connectivity index (χ2v) is 7.09. The highest BCUT2D eigenvalue weighted by molar-refractivity contribution is 6.03. The lowest BCUT2D eigenvalue weighted by Gasteiger charge is -2.11. The molecule has 4 nitrogen and oxygen atoms in total. The van der Waals surface area contributed by atoms with Crippen LogP contribution in [0.3, 0.4) is 0 Å². The van der Waals surface area contributed by atoms with Gasteiger partial charge in [-0.15, -0.1) is 0 Å². The van der Waals surface area contributed by atoms with E-state index in [1.165, 1.54) is 48.5 Å². The topological polar surface area (TPSA) is 52.6 Å². The third kappa shape index (κ3) is 6.37. The van der Waals surface area contributed by atoms with Crippen molar-refractivity contribution in [1.29, 1.82) is 0 Å². The van der Waals surface area contributed by atoms with E-state index in [-0.39, 0.29) is 24.3 Å². The molecule has 0 aromatic heterocycles. The highest BCUT2D eigenvalue weighted by Gasteiger charge is 2.30. The number of alkyl halides is 6. The van der Waals surface area contributed by atoms with Crippen LogP contribution in [-0.4, -0.2) is 11.9 Å². The van der Waals surface area contributed by atoms with Crippen molar-refractivity contribution < 1.29 is 45.4 Å². The SMILES string of the molecule is O=C(OCc1ccc(C(F)(F)F)cc1)c1ccccc1C(=O)OCc1ccc(C(F)(F)F)cc1. The molecule has 0 unspecified atom stereocenters. The van der Waals surface area contributed by atoms with Gasteiger partial charge in [0.2, 0.25) is 0 Å². The number of benzene rings is 3. The molecule has 0 atom stereocenters. The summed E-state index contributed by atoms with van der Waals surface area (Å²) in [4.78, 5) is 24.9. The number of rotatable bonds is 6. The maximum absolute atomic E-state index is 12.6. The van der Waals surface area contributed by atoms with Crippen LogP contribution in [0.25, 0.3) is 0 Å². The Labute approximate surface area is 189 Å². The fraction of sp³-hybridized carbons (Fsp3) is 0.167. The van der Waals surface area contributed by atoms with Gasteiger partial charge in [-0.05, 0) is 47.5 Å².